The van der Waals surface area contributed by atoms with Gasteiger partial charge in [-0.3, -0.25) is 0 Å². The molecule has 1 aliphatic rings. The number of rotatable bonds is 4. The lowest BCUT2D eigenvalue weighted by Crippen LogP contribution is -2.20. The third kappa shape index (κ3) is 2.56. The van der Waals surface area contributed by atoms with Crippen molar-refractivity contribution < 1.29 is 9.84 Å². The van der Waals surface area contributed by atoms with E-state index in [2.05, 4.69) is 0 Å². The van der Waals surface area contributed by atoms with Crippen LogP contribution in [0.25, 0.3) is 0 Å². The van der Waals surface area contributed by atoms with Crippen molar-refractivity contribution in [1.82, 2.24) is 0 Å². The lowest BCUT2D eigenvalue weighted by Gasteiger charge is -2.18. The molecule has 0 bridgehead atoms. The van der Waals surface area contributed by atoms with Crippen LogP contribution in [0.15, 0.2) is 24.3 Å². The van der Waals surface area contributed by atoms with E-state index >= 15 is 0 Å². The molecule has 88 valence electrons. The first-order chi connectivity index (χ1) is 7.81. The van der Waals surface area contributed by atoms with Crippen LogP contribution in [-0.4, -0.2) is 18.3 Å². The Morgan fingerprint density at radius 3 is 2.69 bits per heavy atom. The monoisotopic (exact) mass is 220 g/mol. The van der Waals surface area contributed by atoms with Crippen LogP contribution >= 0.6 is 0 Å². The van der Waals surface area contributed by atoms with E-state index in [1.807, 2.05) is 24.3 Å². The molecule has 1 fully saturated rings. The van der Waals surface area contributed by atoms with Crippen LogP contribution < -0.4 is 4.74 Å². The Bertz CT molecular complexity index is 329. The number of methoxy groups -OCH3 is 1. The van der Waals surface area contributed by atoms with Gasteiger partial charge in [-0.1, -0.05) is 31.0 Å². The lowest BCUT2D eigenvalue weighted by molar-refractivity contribution is 0.110. The van der Waals surface area contributed by atoms with E-state index in [0.29, 0.717) is 12.3 Å². The van der Waals surface area contributed by atoms with Crippen LogP contribution in [-0.2, 0) is 6.42 Å². The van der Waals surface area contributed by atoms with Crippen molar-refractivity contribution in [3.63, 3.8) is 0 Å². The van der Waals surface area contributed by atoms with Gasteiger partial charge in [-0.2, -0.15) is 0 Å². The van der Waals surface area contributed by atoms with Crippen molar-refractivity contribution in [2.45, 2.75) is 38.2 Å². The first kappa shape index (κ1) is 11.5. The molecule has 0 amide bonds. The summed E-state index contributed by atoms with van der Waals surface area (Å²) in [6.45, 7) is 0. The molecule has 2 nitrogen and oxygen atoms in total. The van der Waals surface area contributed by atoms with Gasteiger partial charge in [0, 0.05) is 6.42 Å². The summed E-state index contributed by atoms with van der Waals surface area (Å²) in [5.74, 6) is 1.38. The number of hydrogen-bond acceptors (Lipinski definition) is 2. The molecule has 2 heteroatoms. The van der Waals surface area contributed by atoms with Crippen molar-refractivity contribution in [1.29, 1.82) is 0 Å². The fourth-order valence-electron chi connectivity index (χ4n) is 2.61. The fraction of sp³-hybridized carbons (Fsp3) is 0.571. The second kappa shape index (κ2) is 5.35. The second-order valence-electron chi connectivity index (χ2n) is 4.63. The molecule has 0 radical (unpaired) electrons. The molecule has 1 unspecified atom stereocenters. The number of hydrogen-bond donors (Lipinski definition) is 1. The molecule has 0 saturated heterocycles. The Hall–Kier alpha value is -1.02. The SMILES string of the molecule is COc1ccccc1CC(O)C1CCCC1. The van der Waals surface area contributed by atoms with Crippen LogP contribution in [0.3, 0.4) is 0 Å². The zero-order valence-electron chi connectivity index (χ0n) is 9.86. The summed E-state index contributed by atoms with van der Waals surface area (Å²) in [6, 6.07) is 7.96. The van der Waals surface area contributed by atoms with Gasteiger partial charge in [0.25, 0.3) is 0 Å². The Kier molecular flexibility index (Phi) is 3.83. The van der Waals surface area contributed by atoms with Crippen LogP contribution in [0.4, 0.5) is 0 Å². The molecular weight excluding hydrogens is 200 g/mol. The van der Waals surface area contributed by atoms with Gasteiger partial charge in [0.05, 0.1) is 13.2 Å². The highest BCUT2D eigenvalue weighted by atomic mass is 16.5. The lowest BCUT2D eigenvalue weighted by atomic mass is 9.94. The average Bonchev–Trinajstić information content (AvgIpc) is 2.83. The van der Waals surface area contributed by atoms with Gasteiger partial charge in [-0.05, 0) is 30.4 Å². The summed E-state index contributed by atoms with van der Waals surface area (Å²) in [5.41, 5.74) is 1.12. The third-order valence-corrected chi connectivity index (χ3v) is 3.57. The van der Waals surface area contributed by atoms with Crippen LogP contribution in [0.5, 0.6) is 5.75 Å². The number of ether oxygens (including phenoxy) is 1. The van der Waals surface area contributed by atoms with Gasteiger partial charge in [-0.25, -0.2) is 0 Å². The van der Waals surface area contributed by atoms with Crippen molar-refractivity contribution in [2.75, 3.05) is 7.11 Å². The largest absolute Gasteiger partial charge is 0.496 e. The summed E-state index contributed by atoms with van der Waals surface area (Å²) in [4.78, 5) is 0. The topological polar surface area (TPSA) is 29.5 Å². The standard InChI is InChI=1S/C14H20O2/c1-16-14-9-5-4-8-12(14)10-13(15)11-6-2-3-7-11/h4-5,8-9,11,13,15H,2-3,6-7,10H2,1H3. The van der Waals surface area contributed by atoms with Gasteiger partial charge in [0.15, 0.2) is 0 Å². The van der Waals surface area contributed by atoms with Gasteiger partial charge in [0.2, 0.25) is 0 Å². The van der Waals surface area contributed by atoms with Crippen LogP contribution in [0.1, 0.15) is 31.2 Å². The summed E-state index contributed by atoms with van der Waals surface area (Å²) in [7, 11) is 1.68. The Balaban J connectivity index is 2.01. The molecule has 1 aromatic carbocycles. The molecule has 1 aliphatic carbocycles. The Morgan fingerprint density at radius 2 is 2.00 bits per heavy atom. The predicted molar refractivity (Wildman–Crippen MR) is 64.7 cm³/mol. The van der Waals surface area contributed by atoms with Crippen LogP contribution in [0.2, 0.25) is 0 Å². The fourth-order valence-corrected chi connectivity index (χ4v) is 2.61. The summed E-state index contributed by atoms with van der Waals surface area (Å²) in [6.07, 6.45) is 5.40. The van der Waals surface area contributed by atoms with Crippen molar-refractivity contribution in [3.8, 4) is 5.75 Å². The first-order valence-corrected chi connectivity index (χ1v) is 6.11. The van der Waals surface area contributed by atoms with Crippen molar-refractivity contribution >= 4 is 0 Å². The van der Waals surface area contributed by atoms with E-state index in [1.165, 1.54) is 25.7 Å². The first-order valence-electron chi connectivity index (χ1n) is 6.11. The van der Waals surface area contributed by atoms with E-state index in [9.17, 15) is 5.11 Å². The number of benzene rings is 1. The third-order valence-electron chi connectivity index (χ3n) is 3.57. The van der Waals surface area contributed by atoms with E-state index in [1.54, 1.807) is 7.11 Å². The molecule has 1 aromatic rings. The molecule has 2 rings (SSSR count). The van der Waals surface area contributed by atoms with Crippen LogP contribution in [0, 0.1) is 5.92 Å². The zero-order valence-corrected chi connectivity index (χ0v) is 9.86. The van der Waals surface area contributed by atoms with Crippen molar-refractivity contribution in [2.24, 2.45) is 5.92 Å². The molecule has 16 heavy (non-hydrogen) atoms. The minimum Gasteiger partial charge on any atom is -0.496 e. The number of aliphatic hydroxyl groups is 1. The summed E-state index contributed by atoms with van der Waals surface area (Å²) in [5, 5.41) is 10.2. The molecule has 1 N–H and O–H groups in total. The van der Waals surface area contributed by atoms with E-state index in [-0.39, 0.29) is 6.10 Å². The smallest absolute Gasteiger partial charge is 0.122 e. The van der Waals surface area contributed by atoms with E-state index in [0.717, 1.165) is 11.3 Å². The quantitative estimate of drug-likeness (QED) is 0.845. The molecule has 0 heterocycles. The highest BCUT2D eigenvalue weighted by Gasteiger charge is 2.23. The highest BCUT2D eigenvalue weighted by Crippen LogP contribution is 2.30. The van der Waals surface area contributed by atoms with Gasteiger partial charge >= 0.3 is 0 Å². The summed E-state index contributed by atoms with van der Waals surface area (Å²) < 4.78 is 5.30. The maximum atomic E-state index is 10.2. The second-order valence-corrected chi connectivity index (χ2v) is 4.63. The maximum Gasteiger partial charge on any atom is 0.122 e. The van der Waals surface area contributed by atoms with Gasteiger partial charge < -0.3 is 9.84 Å². The predicted octanol–water partition coefficient (Wildman–Crippen LogP) is 2.79. The number of para-hydroxylation sites is 1. The molecule has 0 aromatic heterocycles. The normalized spacial score (nSPS) is 18.6. The molecule has 0 aliphatic heterocycles. The number of aliphatic hydroxyl groups excluding tert-OH is 1. The molecule has 1 saturated carbocycles. The van der Waals surface area contributed by atoms with E-state index in [4.69, 9.17) is 4.74 Å². The highest BCUT2D eigenvalue weighted by molar-refractivity contribution is 5.33. The Labute approximate surface area is 97.3 Å². The Morgan fingerprint density at radius 1 is 1.31 bits per heavy atom. The molecular formula is C14H20O2. The average molecular weight is 220 g/mol. The molecule has 0 spiro atoms. The van der Waals surface area contributed by atoms with Gasteiger partial charge in [-0.15, -0.1) is 0 Å². The maximum absolute atomic E-state index is 10.2. The zero-order chi connectivity index (χ0) is 11.4. The summed E-state index contributed by atoms with van der Waals surface area (Å²) >= 11 is 0. The minimum absolute atomic E-state index is 0.209. The van der Waals surface area contributed by atoms with E-state index < -0.39 is 0 Å². The molecule has 1 atom stereocenters. The van der Waals surface area contributed by atoms with Gasteiger partial charge in [0.1, 0.15) is 5.75 Å². The van der Waals surface area contributed by atoms with Crippen molar-refractivity contribution in [3.05, 3.63) is 29.8 Å². The minimum atomic E-state index is -0.209.